The maximum absolute atomic E-state index is 11.0. The Bertz CT molecular complexity index is 274. The third-order valence-electron chi connectivity index (χ3n) is 1.87. The van der Waals surface area contributed by atoms with Crippen LogP contribution in [0.15, 0.2) is 12.2 Å². The van der Waals surface area contributed by atoms with Crippen LogP contribution in [0.5, 0.6) is 0 Å². The summed E-state index contributed by atoms with van der Waals surface area (Å²) in [5, 5.41) is 8.73. The number of hydrogen-bond acceptors (Lipinski definition) is 2. The van der Waals surface area contributed by atoms with Gasteiger partial charge in [0.25, 0.3) is 0 Å². The molecule has 78 valence electrons. The van der Waals surface area contributed by atoms with Crippen LogP contribution in [0.25, 0.3) is 0 Å². The monoisotopic (exact) mass is 194 g/mol. The Morgan fingerprint density at radius 3 is 2.29 bits per heavy atom. The third kappa shape index (κ3) is 4.66. The van der Waals surface area contributed by atoms with Crippen LogP contribution in [-0.4, -0.2) is 17.4 Å². The highest BCUT2D eigenvalue weighted by atomic mass is 16.2. The summed E-state index contributed by atoms with van der Waals surface area (Å²) >= 11 is 0. The Hall–Kier alpha value is -1.30. The van der Waals surface area contributed by atoms with Gasteiger partial charge in [0.1, 0.15) is 0 Å². The first kappa shape index (κ1) is 12.7. The van der Waals surface area contributed by atoms with Gasteiger partial charge in [-0.2, -0.15) is 5.26 Å². The predicted octanol–water partition coefficient (Wildman–Crippen LogP) is 2.31. The first-order chi connectivity index (χ1) is 6.28. The highest BCUT2D eigenvalue weighted by molar-refractivity contribution is 5.74. The van der Waals surface area contributed by atoms with E-state index in [0.717, 1.165) is 12.0 Å². The molecule has 0 aromatic heterocycles. The minimum absolute atomic E-state index is 0.0900. The zero-order chi connectivity index (χ0) is 11.4. The molecule has 0 atom stereocenters. The summed E-state index contributed by atoms with van der Waals surface area (Å²) in [7, 11) is 0. The predicted molar refractivity (Wildman–Crippen MR) is 56.2 cm³/mol. The molecule has 0 saturated heterocycles. The molecule has 0 N–H and O–H groups in total. The number of nitrogens with zero attached hydrogens (tertiary/aromatic N) is 2. The van der Waals surface area contributed by atoms with Gasteiger partial charge in [-0.1, -0.05) is 19.4 Å². The van der Waals surface area contributed by atoms with Crippen molar-refractivity contribution in [2.75, 3.05) is 6.54 Å². The Labute approximate surface area is 86.0 Å². The molecule has 0 bridgehead atoms. The fraction of sp³-hybridized carbons (Fsp3) is 0.636. The zero-order valence-corrected chi connectivity index (χ0v) is 9.42. The third-order valence-corrected chi connectivity index (χ3v) is 1.87. The molecule has 0 aromatic carbocycles. The lowest BCUT2D eigenvalue weighted by molar-refractivity contribution is -0.126. The molecule has 0 radical (unpaired) electrons. The summed E-state index contributed by atoms with van der Waals surface area (Å²) in [6, 6.07) is 0. The van der Waals surface area contributed by atoms with E-state index in [1.165, 1.54) is 11.8 Å². The average Bonchev–Trinajstić information content (AvgIpc) is 1.97. The maximum Gasteiger partial charge on any atom is 0.232 e. The van der Waals surface area contributed by atoms with E-state index in [9.17, 15) is 4.79 Å². The molecule has 0 aliphatic carbocycles. The van der Waals surface area contributed by atoms with Crippen molar-refractivity contribution in [3.8, 4) is 6.19 Å². The molecule has 14 heavy (non-hydrogen) atoms. The number of hydrogen-bond donors (Lipinski definition) is 0. The molecule has 0 aliphatic rings. The van der Waals surface area contributed by atoms with Crippen molar-refractivity contribution in [1.82, 2.24) is 4.90 Å². The number of nitriles is 1. The van der Waals surface area contributed by atoms with E-state index in [2.05, 4.69) is 6.58 Å². The van der Waals surface area contributed by atoms with E-state index in [1.807, 2.05) is 27.0 Å². The first-order valence-corrected chi connectivity index (χ1v) is 4.61. The van der Waals surface area contributed by atoms with Gasteiger partial charge in [0, 0.05) is 13.5 Å². The van der Waals surface area contributed by atoms with Crippen LogP contribution >= 0.6 is 0 Å². The number of carbonyl (C=O) groups excluding carboxylic acids is 1. The summed E-state index contributed by atoms with van der Waals surface area (Å²) in [6.45, 7) is 11.7. The summed E-state index contributed by atoms with van der Waals surface area (Å²) in [4.78, 5) is 12.2. The molecule has 3 nitrogen and oxygen atoms in total. The average molecular weight is 194 g/mol. The highest BCUT2D eigenvalue weighted by Gasteiger charge is 2.23. The minimum atomic E-state index is -0.206. The van der Waals surface area contributed by atoms with E-state index in [4.69, 9.17) is 5.26 Å². The van der Waals surface area contributed by atoms with E-state index in [-0.39, 0.29) is 11.3 Å². The van der Waals surface area contributed by atoms with Gasteiger partial charge in [0.15, 0.2) is 6.19 Å². The molecule has 0 unspecified atom stereocenters. The second-order valence-corrected chi connectivity index (χ2v) is 4.50. The molecule has 0 aliphatic heterocycles. The lowest BCUT2D eigenvalue weighted by Crippen LogP contribution is -2.34. The molecular weight excluding hydrogens is 176 g/mol. The van der Waals surface area contributed by atoms with Crippen molar-refractivity contribution in [1.29, 1.82) is 5.26 Å². The van der Waals surface area contributed by atoms with E-state index < -0.39 is 0 Å². The van der Waals surface area contributed by atoms with E-state index >= 15 is 0 Å². The van der Waals surface area contributed by atoms with Crippen LogP contribution in [0.2, 0.25) is 0 Å². The first-order valence-electron chi connectivity index (χ1n) is 4.61. The molecule has 0 spiro atoms. The van der Waals surface area contributed by atoms with Gasteiger partial charge in [-0.25, -0.2) is 4.90 Å². The van der Waals surface area contributed by atoms with Crippen LogP contribution in [0.3, 0.4) is 0 Å². The maximum atomic E-state index is 11.0. The largest absolute Gasteiger partial charge is 0.274 e. The molecule has 0 rings (SSSR count). The summed E-state index contributed by atoms with van der Waals surface area (Å²) in [5.41, 5.74) is 0.976. The van der Waals surface area contributed by atoms with Gasteiger partial charge in [0.2, 0.25) is 5.91 Å². The molecule has 3 heteroatoms. The quantitative estimate of drug-likeness (QED) is 0.391. The molecule has 0 fully saturated rings. The van der Waals surface area contributed by atoms with Gasteiger partial charge < -0.3 is 0 Å². The minimum Gasteiger partial charge on any atom is -0.274 e. The Balaban J connectivity index is 4.41. The fourth-order valence-electron chi connectivity index (χ4n) is 1.52. The van der Waals surface area contributed by atoms with Crippen LogP contribution in [0.4, 0.5) is 0 Å². The van der Waals surface area contributed by atoms with Crippen molar-refractivity contribution < 1.29 is 4.79 Å². The van der Waals surface area contributed by atoms with Gasteiger partial charge in [-0.05, 0) is 18.8 Å². The molecule has 1 amide bonds. The number of amides is 1. The second kappa shape index (κ2) is 4.80. The normalized spacial score (nSPS) is 10.5. The topological polar surface area (TPSA) is 44.1 Å². The van der Waals surface area contributed by atoms with Crippen molar-refractivity contribution >= 4 is 5.91 Å². The van der Waals surface area contributed by atoms with Crippen LogP contribution < -0.4 is 0 Å². The lowest BCUT2D eigenvalue weighted by Gasteiger charge is -2.28. The number of rotatable bonds is 4. The lowest BCUT2D eigenvalue weighted by atomic mass is 9.86. The van der Waals surface area contributed by atoms with E-state index in [1.54, 1.807) is 0 Å². The molecule has 0 saturated carbocycles. The smallest absolute Gasteiger partial charge is 0.232 e. The van der Waals surface area contributed by atoms with Crippen LogP contribution in [0, 0.1) is 16.9 Å². The summed E-state index contributed by atoms with van der Waals surface area (Å²) in [5.74, 6) is -0.206. The van der Waals surface area contributed by atoms with Crippen molar-refractivity contribution in [3.63, 3.8) is 0 Å². The SMILES string of the molecule is C=C(C)CC(C)(C)CN(C#N)C(C)=O. The van der Waals surface area contributed by atoms with Crippen molar-refractivity contribution in [2.45, 2.75) is 34.1 Å². The highest BCUT2D eigenvalue weighted by Crippen LogP contribution is 2.25. The summed E-state index contributed by atoms with van der Waals surface area (Å²) in [6.07, 6.45) is 2.70. The van der Waals surface area contributed by atoms with E-state index in [0.29, 0.717) is 6.54 Å². The zero-order valence-electron chi connectivity index (χ0n) is 9.42. The van der Waals surface area contributed by atoms with Crippen molar-refractivity contribution in [3.05, 3.63) is 12.2 Å². The Kier molecular flexibility index (Phi) is 4.36. The Morgan fingerprint density at radius 1 is 1.50 bits per heavy atom. The standard InChI is InChI=1S/C11H18N2O/c1-9(2)6-11(4,5)7-13(8-12)10(3)14/h1,6-7H2,2-5H3. The van der Waals surface area contributed by atoms with Gasteiger partial charge >= 0.3 is 0 Å². The molecule has 0 aromatic rings. The fourth-order valence-corrected chi connectivity index (χ4v) is 1.52. The second-order valence-electron chi connectivity index (χ2n) is 4.50. The van der Waals surface area contributed by atoms with Crippen LogP contribution in [0.1, 0.15) is 34.1 Å². The number of allylic oxidation sites excluding steroid dienone is 1. The number of carbonyl (C=O) groups is 1. The van der Waals surface area contributed by atoms with Gasteiger partial charge in [-0.3, -0.25) is 4.79 Å². The van der Waals surface area contributed by atoms with Crippen LogP contribution in [-0.2, 0) is 4.79 Å². The van der Waals surface area contributed by atoms with Crippen molar-refractivity contribution in [2.24, 2.45) is 5.41 Å². The Morgan fingerprint density at radius 2 is 2.00 bits per heavy atom. The molecular formula is C11H18N2O. The molecule has 0 heterocycles. The van der Waals surface area contributed by atoms with Gasteiger partial charge in [-0.15, -0.1) is 6.58 Å². The van der Waals surface area contributed by atoms with Gasteiger partial charge in [0.05, 0.1) is 0 Å². The summed E-state index contributed by atoms with van der Waals surface area (Å²) < 4.78 is 0.